The summed E-state index contributed by atoms with van der Waals surface area (Å²) >= 11 is 0. The van der Waals surface area contributed by atoms with Crippen LogP contribution in [0.1, 0.15) is 11.1 Å². The quantitative estimate of drug-likeness (QED) is 0.317. The van der Waals surface area contributed by atoms with Crippen LogP contribution in [0.15, 0.2) is 83.7 Å². The third-order valence-electron chi connectivity index (χ3n) is 5.80. The molecule has 0 bridgehead atoms. The van der Waals surface area contributed by atoms with Gasteiger partial charge in [-0.3, -0.25) is 4.98 Å². The van der Waals surface area contributed by atoms with Crippen LogP contribution >= 0.6 is 0 Å². The number of hydrogen-bond donors (Lipinski definition) is 0. The molecule has 3 aromatic heterocycles. The summed E-state index contributed by atoms with van der Waals surface area (Å²) in [6.07, 6.45) is 3.43. The summed E-state index contributed by atoms with van der Waals surface area (Å²) in [5, 5.41) is 3.28. The van der Waals surface area contributed by atoms with E-state index in [1.807, 2.05) is 30.3 Å². The topological polar surface area (TPSA) is 51.8 Å². The second-order valence-corrected chi connectivity index (χ2v) is 7.91. The van der Waals surface area contributed by atoms with Crippen LogP contribution in [-0.4, -0.2) is 15.0 Å². The Labute approximate surface area is 179 Å². The van der Waals surface area contributed by atoms with Gasteiger partial charge >= 0.3 is 0 Å². The number of aromatic nitrogens is 3. The molecule has 0 saturated heterocycles. The first-order valence-corrected chi connectivity index (χ1v) is 10.3. The molecule has 0 fully saturated rings. The van der Waals surface area contributed by atoms with Crippen molar-refractivity contribution in [3.63, 3.8) is 0 Å². The maximum absolute atomic E-state index is 6.35. The predicted octanol–water partition coefficient (Wildman–Crippen LogP) is 6.88. The van der Waals surface area contributed by atoms with Crippen molar-refractivity contribution in [2.75, 3.05) is 0 Å². The van der Waals surface area contributed by atoms with Gasteiger partial charge in [0.25, 0.3) is 0 Å². The Balaban J connectivity index is 1.63. The van der Waals surface area contributed by atoms with Crippen LogP contribution in [-0.2, 0) is 0 Å². The number of benzene rings is 3. The van der Waals surface area contributed by atoms with Gasteiger partial charge in [0.1, 0.15) is 17.5 Å². The Bertz CT molecular complexity index is 1600. The smallest absolute Gasteiger partial charge is 0.144 e. The van der Waals surface area contributed by atoms with Crippen molar-refractivity contribution in [1.29, 1.82) is 0 Å². The molecule has 0 spiro atoms. The van der Waals surface area contributed by atoms with Gasteiger partial charge in [-0.1, -0.05) is 24.3 Å². The molecule has 0 atom stereocenters. The molecule has 3 heterocycles. The summed E-state index contributed by atoms with van der Waals surface area (Å²) in [6.45, 7) is 4.24. The largest absolute Gasteiger partial charge is 0.455 e. The SMILES string of the molecule is Cc1cc(-c2ncnc3cc(-c4ccccn4)ccc23)c2oc3cccc(C)c3c2c1. The molecule has 0 amide bonds. The highest BCUT2D eigenvalue weighted by molar-refractivity contribution is 6.12. The molecule has 6 aromatic rings. The predicted molar refractivity (Wildman–Crippen MR) is 125 cm³/mol. The van der Waals surface area contributed by atoms with Crippen LogP contribution in [0, 0.1) is 13.8 Å². The number of hydrogen-bond acceptors (Lipinski definition) is 4. The molecule has 0 aliphatic carbocycles. The molecular formula is C27H19N3O. The highest BCUT2D eigenvalue weighted by Crippen LogP contribution is 2.39. The van der Waals surface area contributed by atoms with Crippen LogP contribution in [0.5, 0.6) is 0 Å². The van der Waals surface area contributed by atoms with Crippen LogP contribution < -0.4 is 0 Å². The number of pyridine rings is 1. The zero-order valence-corrected chi connectivity index (χ0v) is 17.3. The lowest BCUT2D eigenvalue weighted by Gasteiger charge is -2.09. The lowest BCUT2D eigenvalue weighted by Crippen LogP contribution is -1.91. The van der Waals surface area contributed by atoms with E-state index in [4.69, 9.17) is 4.42 Å². The van der Waals surface area contributed by atoms with Gasteiger partial charge in [-0.15, -0.1) is 0 Å². The maximum Gasteiger partial charge on any atom is 0.144 e. The van der Waals surface area contributed by atoms with Gasteiger partial charge in [-0.05, 0) is 67.4 Å². The third kappa shape index (κ3) is 2.80. The van der Waals surface area contributed by atoms with E-state index in [9.17, 15) is 0 Å². The summed E-state index contributed by atoms with van der Waals surface area (Å²) in [6, 6.07) is 22.7. The third-order valence-corrected chi connectivity index (χ3v) is 5.80. The maximum atomic E-state index is 6.35. The Kier molecular flexibility index (Phi) is 3.87. The van der Waals surface area contributed by atoms with Gasteiger partial charge < -0.3 is 4.42 Å². The number of aryl methyl sites for hydroxylation is 2. The molecule has 0 aliphatic heterocycles. The molecule has 0 radical (unpaired) electrons. The van der Waals surface area contributed by atoms with E-state index < -0.39 is 0 Å². The van der Waals surface area contributed by atoms with Gasteiger partial charge in [-0.25, -0.2) is 9.97 Å². The lowest BCUT2D eigenvalue weighted by atomic mass is 9.98. The van der Waals surface area contributed by atoms with Crippen molar-refractivity contribution in [1.82, 2.24) is 15.0 Å². The fourth-order valence-electron chi connectivity index (χ4n) is 4.39. The fraction of sp³-hybridized carbons (Fsp3) is 0.0741. The molecule has 4 heteroatoms. The standard InChI is InChI=1S/C27H19N3O/c1-16-12-20-25-17(2)6-5-8-24(25)31-27(20)21(13-16)26-19-10-9-18(14-23(19)29-15-30-26)22-7-3-4-11-28-22/h3-15H,1-2H3. The highest BCUT2D eigenvalue weighted by Gasteiger charge is 2.17. The second-order valence-electron chi connectivity index (χ2n) is 7.91. The van der Waals surface area contributed by atoms with E-state index in [-0.39, 0.29) is 0 Å². The van der Waals surface area contributed by atoms with Crippen molar-refractivity contribution < 1.29 is 4.42 Å². The molecule has 4 nitrogen and oxygen atoms in total. The second kappa shape index (κ2) is 6.74. The summed E-state index contributed by atoms with van der Waals surface area (Å²) in [5.74, 6) is 0. The molecule has 0 N–H and O–H groups in total. The van der Waals surface area contributed by atoms with Crippen LogP contribution in [0.2, 0.25) is 0 Å². The summed E-state index contributed by atoms with van der Waals surface area (Å²) in [5.41, 5.74) is 8.86. The molecule has 0 saturated carbocycles. The molecule has 0 unspecified atom stereocenters. The Morgan fingerprint density at radius 3 is 2.58 bits per heavy atom. The van der Waals surface area contributed by atoms with Crippen molar-refractivity contribution in [2.45, 2.75) is 13.8 Å². The minimum Gasteiger partial charge on any atom is -0.455 e. The first-order chi connectivity index (χ1) is 15.2. The minimum absolute atomic E-state index is 0.865. The van der Waals surface area contributed by atoms with E-state index in [0.29, 0.717) is 0 Å². The van der Waals surface area contributed by atoms with Crippen LogP contribution in [0.3, 0.4) is 0 Å². The minimum atomic E-state index is 0.865. The van der Waals surface area contributed by atoms with Crippen molar-refractivity contribution >= 4 is 32.8 Å². The Morgan fingerprint density at radius 2 is 1.71 bits per heavy atom. The van der Waals surface area contributed by atoms with Gasteiger partial charge in [0, 0.05) is 33.5 Å². The molecule has 6 rings (SSSR count). The summed E-state index contributed by atoms with van der Waals surface area (Å²) in [4.78, 5) is 13.7. The first kappa shape index (κ1) is 17.8. The highest BCUT2D eigenvalue weighted by atomic mass is 16.3. The van der Waals surface area contributed by atoms with Crippen molar-refractivity contribution in [2.24, 2.45) is 0 Å². The number of rotatable bonds is 2. The molecule has 0 aliphatic rings. The Hall–Kier alpha value is -4.05. The van der Waals surface area contributed by atoms with Crippen molar-refractivity contribution in [3.05, 3.63) is 90.4 Å². The van der Waals surface area contributed by atoms with Gasteiger partial charge in [-0.2, -0.15) is 0 Å². The van der Waals surface area contributed by atoms with Crippen LogP contribution in [0.4, 0.5) is 0 Å². The molecule has 148 valence electrons. The van der Waals surface area contributed by atoms with Crippen LogP contribution in [0.25, 0.3) is 55.4 Å². The van der Waals surface area contributed by atoms with E-state index in [0.717, 1.165) is 50.0 Å². The average molecular weight is 401 g/mol. The van der Waals surface area contributed by atoms with E-state index >= 15 is 0 Å². The monoisotopic (exact) mass is 401 g/mol. The van der Waals surface area contributed by atoms with E-state index in [1.54, 1.807) is 12.5 Å². The first-order valence-electron chi connectivity index (χ1n) is 10.3. The zero-order chi connectivity index (χ0) is 20.9. The molecule has 3 aromatic carbocycles. The summed E-state index contributed by atoms with van der Waals surface area (Å²) in [7, 11) is 0. The van der Waals surface area contributed by atoms with Crippen molar-refractivity contribution in [3.8, 4) is 22.5 Å². The van der Waals surface area contributed by atoms with E-state index in [2.05, 4.69) is 65.2 Å². The number of nitrogens with zero attached hydrogens (tertiary/aromatic N) is 3. The summed E-state index contributed by atoms with van der Waals surface area (Å²) < 4.78 is 6.35. The lowest BCUT2D eigenvalue weighted by molar-refractivity contribution is 0.669. The normalized spacial score (nSPS) is 11.5. The van der Waals surface area contributed by atoms with Gasteiger partial charge in [0.05, 0.1) is 16.9 Å². The average Bonchev–Trinajstić information content (AvgIpc) is 3.18. The van der Waals surface area contributed by atoms with Gasteiger partial charge in [0.15, 0.2) is 0 Å². The number of furan rings is 1. The number of fused-ring (bicyclic) bond motifs is 4. The molecular weight excluding hydrogens is 382 g/mol. The fourth-order valence-corrected chi connectivity index (χ4v) is 4.39. The van der Waals surface area contributed by atoms with Gasteiger partial charge in [0.2, 0.25) is 0 Å². The molecule has 31 heavy (non-hydrogen) atoms. The Morgan fingerprint density at radius 1 is 0.774 bits per heavy atom. The zero-order valence-electron chi connectivity index (χ0n) is 17.3. The van der Waals surface area contributed by atoms with E-state index in [1.165, 1.54) is 16.5 Å².